The minimum absolute atomic E-state index is 0.0664. The SMILES string of the molecule is Cc1ccc(C(=O)NNC(=O)CCC(=O)Nc2ccc(Cl)cc2Cl)cc1I. The van der Waals surface area contributed by atoms with Gasteiger partial charge in [-0.1, -0.05) is 29.3 Å². The number of anilines is 1. The number of rotatable bonds is 5. The van der Waals surface area contributed by atoms with E-state index in [0.717, 1.165) is 9.13 Å². The second kappa shape index (κ2) is 9.91. The van der Waals surface area contributed by atoms with Gasteiger partial charge >= 0.3 is 0 Å². The maximum Gasteiger partial charge on any atom is 0.269 e. The summed E-state index contributed by atoms with van der Waals surface area (Å²) in [7, 11) is 0. The maximum atomic E-state index is 12.0. The third kappa shape index (κ3) is 6.67. The first-order valence-corrected chi connectivity index (χ1v) is 9.70. The number of hydrogen-bond donors (Lipinski definition) is 3. The summed E-state index contributed by atoms with van der Waals surface area (Å²) in [5.74, 6) is -1.30. The van der Waals surface area contributed by atoms with Crippen molar-refractivity contribution in [2.75, 3.05) is 5.32 Å². The zero-order valence-electron chi connectivity index (χ0n) is 14.2. The topological polar surface area (TPSA) is 87.3 Å². The van der Waals surface area contributed by atoms with E-state index in [1.54, 1.807) is 24.3 Å². The average Bonchev–Trinajstić information content (AvgIpc) is 2.62. The van der Waals surface area contributed by atoms with E-state index in [9.17, 15) is 14.4 Å². The Hall–Kier alpha value is -1.84. The number of carbonyl (C=O) groups excluding carboxylic acids is 3. The number of carbonyl (C=O) groups is 3. The fraction of sp³-hybridized carbons (Fsp3) is 0.167. The molecule has 3 amide bonds. The van der Waals surface area contributed by atoms with Gasteiger partial charge in [-0.2, -0.15) is 0 Å². The van der Waals surface area contributed by atoms with Gasteiger partial charge in [-0.25, -0.2) is 0 Å². The van der Waals surface area contributed by atoms with Gasteiger partial charge in [0, 0.05) is 27.0 Å². The molecular formula is C18H16Cl2IN3O3. The van der Waals surface area contributed by atoms with Crippen molar-refractivity contribution in [3.63, 3.8) is 0 Å². The number of amides is 3. The molecule has 6 nitrogen and oxygen atoms in total. The highest BCUT2D eigenvalue weighted by Gasteiger charge is 2.11. The highest BCUT2D eigenvalue weighted by Crippen LogP contribution is 2.25. The van der Waals surface area contributed by atoms with E-state index in [2.05, 4.69) is 38.8 Å². The van der Waals surface area contributed by atoms with Gasteiger partial charge in [0.2, 0.25) is 11.8 Å². The zero-order valence-corrected chi connectivity index (χ0v) is 17.9. The summed E-state index contributed by atoms with van der Waals surface area (Å²) in [6, 6.07) is 9.89. The normalized spacial score (nSPS) is 10.2. The van der Waals surface area contributed by atoms with Crippen LogP contribution in [0.5, 0.6) is 0 Å². The molecule has 0 spiro atoms. The van der Waals surface area contributed by atoms with Crippen molar-refractivity contribution < 1.29 is 14.4 Å². The fourth-order valence-corrected chi connectivity index (χ4v) is 3.00. The van der Waals surface area contributed by atoms with Gasteiger partial charge in [0.25, 0.3) is 5.91 Å². The van der Waals surface area contributed by atoms with E-state index in [-0.39, 0.29) is 18.7 Å². The lowest BCUT2D eigenvalue weighted by Crippen LogP contribution is -2.41. The highest BCUT2D eigenvalue weighted by molar-refractivity contribution is 14.1. The Morgan fingerprint density at radius 2 is 1.67 bits per heavy atom. The van der Waals surface area contributed by atoms with Gasteiger partial charge in [-0.05, 0) is 65.4 Å². The van der Waals surface area contributed by atoms with Crippen LogP contribution >= 0.6 is 45.8 Å². The lowest BCUT2D eigenvalue weighted by Gasteiger charge is -2.09. The molecule has 0 heterocycles. The van der Waals surface area contributed by atoms with Gasteiger partial charge in [0.15, 0.2) is 0 Å². The van der Waals surface area contributed by atoms with E-state index in [1.807, 2.05) is 13.0 Å². The van der Waals surface area contributed by atoms with E-state index in [1.165, 1.54) is 6.07 Å². The molecule has 3 N–H and O–H groups in total. The molecule has 0 atom stereocenters. The third-order valence-electron chi connectivity index (χ3n) is 3.53. The van der Waals surface area contributed by atoms with Crippen molar-refractivity contribution in [2.24, 2.45) is 0 Å². The molecule has 0 saturated heterocycles. The molecular weight excluding hydrogens is 504 g/mol. The second-order valence-electron chi connectivity index (χ2n) is 5.64. The van der Waals surface area contributed by atoms with Gasteiger partial charge in [-0.3, -0.25) is 25.2 Å². The van der Waals surface area contributed by atoms with Crippen LogP contribution in [0.1, 0.15) is 28.8 Å². The van der Waals surface area contributed by atoms with Crippen LogP contribution in [0, 0.1) is 10.5 Å². The highest BCUT2D eigenvalue weighted by atomic mass is 127. The Labute approximate surface area is 180 Å². The number of nitrogens with one attached hydrogen (secondary N) is 3. The predicted octanol–water partition coefficient (Wildman–Crippen LogP) is 4.09. The number of hydrogen-bond acceptors (Lipinski definition) is 3. The van der Waals surface area contributed by atoms with Crippen molar-refractivity contribution >= 4 is 69.2 Å². The van der Waals surface area contributed by atoms with E-state index < -0.39 is 11.8 Å². The molecule has 2 aromatic carbocycles. The van der Waals surface area contributed by atoms with E-state index in [4.69, 9.17) is 23.2 Å². The van der Waals surface area contributed by atoms with Crippen LogP contribution in [0.15, 0.2) is 36.4 Å². The first-order chi connectivity index (χ1) is 12.8. The van der Waals surface area contributed by atoms with Gasteiger partial charge in [0.05, 0.1) is 10.7 Å². The molecule has 142 valence electrons. The molecule has 0 aliphatic heterocycles. The predicted molar refractivity (Wildman–Crippen MR) is 114 cm³/mol. The maximum absolute atomic E-state index is 12.0. The van der Waals surface area contributed by atoms with Crippen LogP contribution in [-0.2, 0) is 9.59 Å². The molecule has 0 aliphatic rings. The van der Waals surface area contributed by atoms with Gasteiger partial charge in [0.1, 0.15) is 0 Å². The number of aryl methyl sites for hydroxylation is 1. The molecule has 0 bridgehead atoms. The van der Waals surface area contributed by atoms with Crippen LogP contribution in [0.25, 0.3) is 0 Å². The fourth-order valence-electron chi connectivity index (χ4n) is 2.03. The van der Waals surface area contributed by atoms with Crippen LogP contribution in [0.3, 0.4) is 0 Å². The first-order valence-electron chi connectivity index (χ1n) is 7.86. The molecule has 2 aromatic rings. The summed E-state index contributed by atoms with van der Waals surface area (Å²) in [6.45, 7) is 1.94. The Balaban J connectivity index is 1.77. The summed E-state index contributed by atoms with van der Waals surface area (Å²) in [6.07, 6.45) is -0.161. The van der Waals surface area contributed by atoms with E-state index >= 15 is 0 Å². The molecule has 2 rings (SSSR count). The van der Waals surface area contributed by atoms with Crippen molar-refractivity contribution in [3.05, 3.63) is 61.1 Å². The molecule has 0 fully saturated rings. The Morgan fingerprint density at radius 1 is 0.963 bits per heavy atom. The Kier molecular flexibility index (Phi) is 7.88. The van der Waals surface area contributed by atoms with Crippen molar-refractivity contribution in [1.82, 2.24) is 10.9 Å². The zero-order chi connectivity index (χ0) is 20.0. The standard InChI is InChI=1S/C18H16Cl2IN3O3/c1-10-2-3-11(8-14(10)21)18(27)24-23-17(26)7-6-16(25)22-15-5-4-12(19)9-13(15)20/h2-5,8-9H,6-7H2,1H3,(H,22,25)(H,23,26)(H,24,27). The molecule has 0 saturated carbocycles. The molecule has 9 heteroatoms. The minimum Gasteiger partial charge on any atom is -0.325 e. The Bertz CT molecular complexity index is 890. The van der Waals surface area contributed by atoms with Crippen LogP contribution in [0.4, 0.5) is 5.69 Å². The smallest absolute Gasteiger partial charge is 0.269 e. The summed E-state index contributed by atoms with van der Waals surface area (Å²) < 4.78 is 0.948. The first kappa shape index (κ1) is 21.5. The van der Waals surface area contributed by atoms with Crippen molar-refractivity contribution in [2.45, 2.75) is 19.8 Å². The summed E-state index contributed by atoms with van der Waals surface area (Å²) in [5, 5.41) is 3.36. The summed E-state index contributed by atoms with van der Waals surface area (Å²) in [5.41, 5.74) is 6.51. The number of halogens is 3. The van der Waals surface area contributed by atoms with E-state index in [0.29, 0.717) is 21.3 Å². The molecule has 0 radical (unpaired) electrons. The minimum atomic E-state index is -0.484. The summed E-state index contributed by atoms with van der Waals surface area (Å²) >= 11 is 13.9. The van der Waals surface area contributed by atoms with Crippen LogP contribution in [-0.4, -0.2) is 17.7 Å². The van der Waals surface area contributed by atoms with Crippen molar-refractivity contribution in [3.8, 4) is 0 Å². The Morgan fingerprint density at radius 3 is 2.33 bits per heavy atom. The third-order valence-corrected chi connectivity index (χ3v) is 5.24. The lowest BCUT2D eigenvalue weighted by atomic mass is 10.1. The largest absolute Gasteiger partial charge is 0.325 e. The van der Waals surface area contributed by atoms with Crippen LogP contribution in [0.2, 0.25) is 10.0 Å². The lowest BCUT2D eigenvalue weighted by molar-refractivity contribution is -0.124. The van der Waals surface area contributed by atoms with Gasteiger partial charge < -0.3 is 5.32 Å². The average molecular weight is 520 g/mol. The summed E-state index contributed by atoms with van der Waals surface area (Å²) in [4.78, 5) is 35.8. The second-order valence-corrected chi connectivity index (χ2v) is 7.64. The van der Waals surface area contributed by atoms with Crippen molar-refractivity contribution in [1.29, 1.82) is 0 Å². The quantitative estimate of drug-likeness (QED) is 0.411. The molecule has 27 heavy (non-hydrogen) atoms. The van der Waals surface area contributed by atoms with Gasteiger partial charge in [-0.15, -0.1) is 0 Å². The number of benzene rings is 2. The van der Waals surface area contributed by atoms with Crippen LogP contribution < -0.4 is 16.2 Å². The molecule has 0 aromatic heterocycles. The molecule has 0 aliphatic carbocycles. The monoisotopic (exact) mass is 519 g/mol. The molecule has 0 unspecified atom stereocenters. The number of hydrazine groups is 1.